The van der Waals surface area contributed by atoms with Gasteiger partial charge >= 0.3 is 0 Å². The first-order chi connectivity index (χ1) is 31.2. The number of rotatable bonds is 10. The number of aryl methyl sites for hydroxylation is 1. The lowest BCUT2D eigenvalue weighted by molar-refractivity contribution is 0.880. The number of anilines is 5. The van der Waals surface area contributed by atoms with E-state index in [-0.39, 0.29) is 0 Å². The Bertz CT molecular complexity index is 3070. The molecule has 8 aromatic rings. The van der Waals surface area contributed by atoms with E-state index >= 15 is 0 Å². The molecule has 3 heteroatoms. The summed E-state index contributed by atoms with van der Waals surface area (Å²) in [6.45, 7) is 0. The molecule has 11 rings (SSSR count). The maximum Gasteiger partial charge on any atom is 0.0534 e. The number of aromatic nitrogens is 1. The van der Waals surface area contributed by atoms with Crippen LogP contribution in [0.4, 0.5) is 28.4 Å². The van der Waals surface area contributed by atoms with Gasteiger partial charge in [-0.15, -0.1) is 0 Å². The molecule has 1 aromatic heterocycles. The molecule has 3 aliphatic rings. The van der Waals surface area contributed by atoms with Gasteiger partial charge in [-0.1, -0.05) is 146 Å². The van der Waals surface area contributed by atoms with Gasteiger partial charge in [0, 0.05) is 45.2 Å². The Morgan fingerprint density at radius 3 is 1.68 bits per heavy atom. The van der Waals surface area contributed by atoms with E-state index < -0.39 is 0 Å². The Morgan fingerprint density at radius 1 is 0.397 bits per heavy atom. The van der Waals surface area contributed by atoms with Crippen molar-refractivity contribution in [2.24, 2.45) is 0 Å². The number of allylic oxidation sites excluding steroid dienone is 9. The number of hydrogen-bond acceptors (Lipinski definition) is 2. The van der Waals surface area contributed by atoms with E-state index in [0.29, 0.717) is 0 Å². The number of fused-ring (bicyclic) bond motifs is 3. The molecule has 0 bridgehead atoms. The van der Waals surface area contributed by atoms with Crippen LogP contribution in [0.25, 0.3) is 44.9 Å². The predicted molar refractivity (Wildman–Crippen MR) is 268 cm³/mol. The van der Waals surface area contributed by atoms with Gasteiger partial charge in [-0.3, -0.25) is 0 Å². The lowest BCUT2D eigenvalue weighted by atomic mass is 9.94. The zero-order valence-electron chi connectivity index (χ0n) is 35.4. The van der Waals surface area contributed by atoms with Gasteiger partial charge in [-0.05, 0) is 156 Å². The standard InChI is InChI=1S/C60H49N3/c1-5-16-44(17-6-1)46-28-34-52(35-29-46)61(50-21-9-3-10-22-50)55-25-15-20-49(42-55)48-32-38-54(39-33-48)63-59-27-14-13-26-57(59)58-41-40-56(43-60(58)63)62(51-23-11-4-12-24-51)53-36-30-47(31-37-53)45-18-7-2-8-19-45/h1-5,7-16,18-32,34-38,42-43H,6,17,33,39-41H2. The molecule has 0 saturated heterocycles. The van der Waals surface area contributed by atoms with E-state index in [9.17, 15) is 0 Å². The van der Waals surface area contributed by atoms with Gasteiger partial charge in [-0.25, -0.2) is 0 Å². The fourth-order valence-electron chi connectivity index (χ4n) is 9.79. The van der Waals surface area contributed by atoms with Gasteiger partial charge < -0.3 is 14.4 Å². The number of para-hydroxylation sites is 3. The lowest BCUT2D eigenvalue weighted by Gasteiger charge is -2.31. The molecule has 0 saturated carbocycles. The van der Waals surface area contributed by atoms with Gasteiger partial charge in [0.1, 0.15) is 0 Å². The smallest absolute Gasteiger partial charge is 0.0534 e. The van der Waals surface area contributed by atoms with Crippen molar-refractivity contribution in [3.05, 3.63) is 247 Å². The first-order valence-corrected chi connectivity index (χ1v) is 22.4. The highest BCUT2D eigenvalue weighted by Gasteiger charge is 2.26. The van der Waals surface area contributed by atoms with Crippen LogP contribution in [-0.4, -0.2) is 4.57 Å². The highest BCUT2D eigenvalue weighted by Crippen LogP contribution is 2.43. The third-order valence-electron chi connectivity index (χ3n) is 12.9. The molecule has 0 unspecified atom stereocenters. The molecule has 0 aliphatic heterocycles. The fourth-order valence-corrected chi connectivity index (χ4v) is 9.79. The topological polar surface area (TPSA) is 11.4 Å². The summed E-state index contributed by atoms with van der Waals surface area (Å²) in [5.41, 5.74) is 20.2. The Kier molecular flexibility index (Phi) is 10.4. The molecule has 63 heavy (non-hydrogen) atoms. The van der Waals surface area contributed by atoms with Gasteiger partial charge in [-0.2, -0.15) is 0 Å². The van der Waals surface area contributed by atoms with Crippen LogP contribution in [0.3, 0.4) is 0 Å². The Balaban J connectivity index is 0.944. The highest BCUT2D eigenvalue weighted by molar-refractivity contribution is 5.94. The van der Waals surface area contributed by atoms with Crippen LogP contribution < -0.4 is 9.80 Å². The minimum atomic E-state index is 0.947. The van der Waals surface area contributed by atoms with Crippen molar-refractivity contribution in [1.29, 1.82) is 0 Å². The van der Waals surface area contributed by atoms with Crippen molar-refractivity contribution in [1.82, 2.24) is 4.57 Å². The first-order valence-electron chi connectivity index (χ1n) is 22.4. The molecular weight excluding hydrogens is 763 g/mol. The molecule has 1 heterocycles. The summed E-state index contributed by atoms with van der Waals surface area (Å²) in [6, 6.07) is 68.5. The van der Waals surface area contributed by atoms with Crippen molar-refractivity contribution in [2.45, 2.75) is 38.5 Å². The molecule has 0 N–H and O–H groups in total. The highest BCUT2D eigenvalue weighted by atomic mass is 15.2. The molecule has 0 atom stereocenters. The second kappa shape index (κ2) is 17.0. The van der Waals surface area contributed by atoms with E-state index in [1.807, 2.05) is 0 Å². The van der Waals surface area contributed by atoms with Crippen molar-refractivity contribution in [3.63, 3.8) is 0 Å². The third-order valence-corrected chi connectivity index (χ3v) is 12.9. The summed E-state index contributed by atoms with van der Waals surface area (Å²) >= 11 is 0. The van der Waals surface area contributed by atoms with Gasteiger partial charge in [0.05, 0.1) is 11.2 Å². The Labute approximate surface area is 371 Å². The van der Waals surface area contributed by atoms with Gasteiger partial charge in [0.2, 0.25) is 0 Å². The van der Waals surface area contributed by atoms with E-state index in [0.717, 1.165) is 55.6 Å². The minimum Gasteiger partial charge on any atom is -0.314 e. The molecule has 0 spiro atoms. The molecule has 3 aliphatic carbocycles. The Morgan fingerprint density at radius 2 is 0.984 bits per heavy atom. The van der Waals surface area contributed by atoms with Crippen LogP contribution in [-0.2, 0) is 6.42 Å². The van der Waals surface area contributed by atoms with E-state index in [4.69, 9.17) is 0 Å². The third kappa shape index (κ3) is 7.57. The summed E-state index contributed by atoms with van der Waals surface area (Å²) in [5, 5.41) is 1.35. The van der Waals surface area contributed by atoms with Crippen LogP contribution in [0.5, 0.6) is 0 Å². The summed E-state index contributed by atoms with van der Waals surface area (Å²) in [5.74, 6) is 0. The van der Waals surface area contributed by atoms with E-state index in [2.05, 4.69) is 239 Å². The second-order valence-electron chi connectivity index (χ2n) is 16.7. The predicted octanol–water partition coefficient (Wildman–Crippen LogP) is 16.4. The maximum atomic E-state index is 2.55. The van der Waals surface area contributed by atoms with Crippen LogP contribution in [0.15, 0.2) is 224 Å². The number of hydrogen-bond donors (Lipinski definition) is 0. The molecule has 0 amide bonds. The quantitative estimate of drug-likeness (QED) is 0.136. The molecule has 3 nitrogen and oxygen atoms in total. The summed E-state index contributed by atoms with van der Waals surface area (Å²) in [7, 11) is 0. The average Bonchev–Trinajstić information content (AvgIpc) is 3.69. The van der Waals surface area contributed by atoms with Gasteiger partial charge in [0.15, 0.2) is 0 Å². The van der Waals surface area contributed by atoms with Gasteiger partial charge in [0.25, 0.3) is 0 Å². The summed E-state index contributed by atoms with van der Waals surface area (Å²) in [6.07, 6.45) is 19.9. The monoisotopic (exact) mass is 811 g/mol. The van der Waals surface area contributed by atoms with Crippen LogP contribution in [0.2, 0.25) is 0 Å². The summed E-state index contributed by atoms with van der Waals surface area (Å²) < 4.78 is 2.55. The minimum absolute atomic E-state index is 0.947. The largest absolute Gasteiger partial charge is 0.314 e. The lowest BCUT2D eigenvalue weighted by Crippen LogP contribution is -2.19. The van der Waals surface area contributed by atoms with Crippen molar-refractivity contribution < 1.29 is 0 Å². The number of nitrogens with zero attached hydrogens (tertiary/aromatic N) is 3. The molecule has 0 fully saturated rings. The number of benzene rings is 7. The summed E-state index contributed by atoms with van der Waals surface area (Å²) in [4.78, 5) is 4.84. The zero-order valence-corrected chi connectivity index (χ0v) is 35.4. The maximum absolute atomic E-state index is 2.55. The van der Waals surface area contributed by atoms with Crippen LogP contribution >= 0.6 is 0 Å². The molecule has 304 valence electrons. The van der Waals surface area contributed by atoms with E-state index in [1.54, 1.807) is 0 Å². The SMILES string of the molecule is C1=CCCC(c2ccc(N(c3ccccc3)c3cccc(C4=CC=C(n5c6c(c7ccccc75)CCC(N(c5ccccc5)c5ccc(-c7ccccc7)cc5)=C6)CC4)c3)cc2)=C1. The zero-order chi connectivity index (χ0) is 42.0. The first kappa shape index (κ1) is 38.3. The molecular formula is C60H49N3. The van der Waals surface area contributed by atoms with Crippen molar-refractivity contribution in [3.8, 4) is 11.1 Å². The van der Waals surface area contributed by atoms with Crippen molar-refractivity contribution in [2.75, 3.05) is 9.80 Å². The average molecular weight is 812 g/mol. The fraction of sp³-hybridized carbons (Fsp3) is 0.100. The normalized spacial score (nSPS) is 14.6. The Hall–Kier alpha value is -7.62. The van der Waals surface area contributed by atoms with Crippen LogP contribution in [0, 0.1) is 0 Å². The van der Waals surface area contributed by atoms with Crippen molar-refractivity contribution >= 4 is 62.3 Å². The van der Waals surface area contributed by atoms with E-state index in [1.165, 1.54) is 78.3 Å². The molecule has 7 aromatic carbocycles. The second-order valence-corrected chi connectivity index (χ2v) is 16.7. The molecule has 0 radical (unpaired) electrons. The van der Waals surface area contributed by atoms with Crippen LogP contribution in [0.1, 0.15) is 54.5 Å².